The van der Waals surface area contributed by atoms with Gasteiger partial charge in [0.2, 0.25) is 6.17 Å². The van der Waals surface area contributed by atoms with Gasteiger partial charge in [-0.2, -0.15) is 8.78 Å². The number of halogens is 4. The van der Waals surface area contributed by atoms with Crippen LogP contribution in [0.1, 0.15) is 80.3 Å². The van der Waals surface area contributed by atoms with Gasteiger partial charge in [0.25, 0.3) is 0 Å². The van der Waals surface area contributed by atoms with E-state index in [-0.39, 0.29) is 17.0 Å². The van der Waals surface area contributed by atoms with Gasteiger partial charge in [-0.1, -0.05) is 60.7 Å². The summed E-state index contributed by atoms with van der Waals surface area (Å²) < 4.78 is 62.6. The number of aryl methyl sites for hydroxylation is 1. The minimum Gasteiger partial charge on any atom is -0.313 e. The van der Waals surface area contributed by atoms with Crippen molar-refractivity contribution in [3.05, 3.63) is 94.8 Å². The van der Waals surface area contributed by atoms with E-state index in [2.05, 4.69) is 16.9 Å². The lowest BCUT2D eigenvalue weighted by atomic mass is 9.78. The highest BCUT2D eigenvalue weighted by molar-refractivity contribution is 5.28. The van der Waals surface area contributed by atoms with Gasteiger partial charge in [-0.05, 0) is 87.0 Å². The van der Waals surface area contributed by atoms with Gasteiger partial charge in [0.1, 0.15) is 5.82 Å². The van der Waals surface area contributed by atoms with E-state index in [4.69, 9.17) is 0 Å². The van der Waals surface area contributed by atoms with Crippen LogP contribution in [0.15, 0.2) is 66.8 Å². The maximum absolute atomic E-state index is 14.6. The Bertz CT molecular complexity index is 957. The zero-order valence-electron chi connectivity index (χ0n) is 20.0. The van der Waals surface area contributed by atoms with Crippen molar-refractivity contribution in [3.63, 3.8) is 0 Å². The fourth-order valence-electron chi connectivity index (χ4n) is 4.56. The summed E-state index contributed by atoms with van der Waals surface area (Å²) in [5.74, 6) is 0.248. The Morgan fingerprint density at radius 3 is 2.32 bits per heavy atom. The van der Waals surface area contributed by atoms with E-state index in [9.17, 15) is 17.6 Å². The molecule has 5 heteroatoms. The first-order valence-electron chi connectivity index (χ1n) is 12.1. The topological polar surface area (TPSA) is 9.23 Å². The van der Waals surface area contributed by atoms with E-state index in [1.807, 2.05) is 26.0 Å². The van der Waals surface area contributed by atoms with Crippen molar-refractivity contribution in [2.45, 2.75) is 77.2 Å². The van der Waals surface area contributed by atoms with Crippen LogP contribution in [0.5, 0.6) is 0 Å². The van der Waals surface area contributed by atoms with Gasteiger partial charge < -0.3 is 4.74 Å². The smallest absolute Gasteiger partial charge is 0.313 e. The standard InChI is InChI=1S/C29H34F4O/c1-3-5-6-8-22-11-15-24(16-12-22)28(31)29(32,33)34-20-26-18-17-25(19-27(26)30)23-13-9-21(7-4-2)10-14-23/h3-5,7,11-12,15-19,21,23,28H,6,8-10,13-14,20H2,1-2H3/b5-3+,7-4+. The highest BCUT2D eigenvalue weighted by Crippen LogP contribution is 2.38. The van der Waals surface area contributed by atoms with Crippen molar-refractivity contribution in [2.75, 3.05) is 0 Å². The van der Waals surface area contributed by atoms with Crippen molar-refractivity contribution in [1.82, 2.24) is 0 Å². The summed E-state index contributed by atoms with van der Waals surface area (Å²) in [6.45, 7) is 3.24. The summed E-state index contributed by atoms with van der Waals surface area (Å²) in [7, 11) is 0. The van der Waals surface area contributed by atoms with Crippen LogP contribution in [-0.2, 0) is 17.8 Å². The zero-order chi connectivity index (χ0) is 24.6. The molecule has 1 fully saturated rings. The molecule has 2 aromatic carbocycles. The molecule has 1 aliphatic carbocycles. The minimum absolute atomic E-state index is 0.00226. The molecule has 184 valence electrons. The number of allylic oxidation sites excluding steroid dienone is 4. The summed E-state index contributed by atoms with van der Waals surface area (Å²) in [6, 6.07) is 10.7. The highest BCUT2D eigenvalue weighted by Gasteiger charge is 2.43. The molecule has 1 saturated carbocycles. The highest BCUT2D eigenvalue weighted by atomic mass is 19.3. The summed E-state index contributed by atoms with van der Waals surface area (Å²) in [5, 5.41) is 0. The summed E-state index contributed by atoms with van der Waals surface area (Å²) in [5.41, 5.74) is 1.65. The van der Waals surface area contributed by atoms with Gasteiger partial charge in [-0.3, -0.25) is 0 Å². The first kappa shape index (κ1) is 26.2. The Hall–Kier alpha value is -2.40. The maximum atomic E-state index is 14.6. The molecule has 0 radical (unpaired) electrons. The number of ether oxygens (including phenoxy) is 1. The van der Waals surface area contributed by atoms with Gasteiger partial charge in [0.15, 0.2) is 0 Å². The fraction of sp³-hybridized carbons (Fsp3) is 0.448. The molecule has 0 amide bonds. The second kappa shape index (κ2) is 12.3. The van der Waals surface area contributed by atoms with E-state index in [1.54, 1.807) is 18.2 Å². The molecule has 1 atom stereocenters. The van der Waals surface area contributed by atoms with Crippen molar-refractivity contribution in [1.29, 1.82) is 0 Å². The Kier molecular flexibility index (Phi) is 9.52. The molecule has 0 spiro atoms. The van der Waals surface area contributed by atoms with Gasteiger partial charge in [0, 0.05) is 5.56 Å². The first-order chi connectivity index (χ1) is 16.3. The molecule has 0 heterocycles. The van der Waals surface area contributed by atoms with E-state index in [0.29, 0.717) is 5.92 Å². The zero-order valence-corrected chi connectivity index (χ0v) is 20.0. The molecule has 0 saturated heterocycles. The number of alkyl halides is 3. The van der Waals surface area contributed by atoms with Gasteiger partial charge >= 0.3 is 6.11 Å². The van der Waals surface area contributed by atoms with Gasteiger partial charge in [-0.25, -0.2) is 8.78 Å². The molecule has 1 aliphatic rings. The van der Waals surface area contributed by atoms with Crippen LogP contribution in [0.25, 0.3) is 0 Å². The van der Waals surface area contributed by atoms with Crippen LogP contribution >= 0.6 is 0 Å². The van der Waals surface area contributed by atoms with Crippen LogP contribution in [0.3, 0.4) is 0 Å². The summed E-state index contributed by atoms with van der Waals surface area (Å²) in [4.78, 5) is 0. The Morgan fingerprint density at radius 2 is 1.71 bits per heavy atom. The summed E-state index contributed by atoms with van der Waals surface area (Å²) in [6.07, 6.45) is 7.18. The van der Waals surface area contributed by atoms with Crippen LogP contribution in [0, 0.1) is 11.7 Å². The lowest BCUT2D eigenvalue weighted by Gasteiger charge is -2.27. The maximum Gasteiger partial charge on any atom is 0.391 e. The molecule has 0 bridgehead atoms. The molecular weight excluding hydrogens is 440 g/mol. The third-order valence-corrected chi connectivity index (χ3v) is 6.61. The van der Waals surface area contributed by atoms with Crippen molar-refractivity contribution in [3.8, 4) is 0 Å². The van der Waals surface area contributed by atoms with Crippen molar-refractivity contribution >= 4 is 0 Å². The second-order valence-electron chi connectivity index (χ2n) is 9.05. The lowest BCUT2D eigenvalue weighted by molar-refractivity contribution is -0.282. The minimum atomic E-state index is -4.07. The van der Waals surface area contributed by atoms with Crippen LogP contribution in [0.4, 0.5) is 17.6 Å². The van der Waals surface area contributed by atoms with Crippen molar-refractivity contribution in [2.24, 2.45) is 5.92 Å². The van der Waals surface area contributed by atoms with E-state index >= 15 is 0 Å². The monoisotopic (exact) mass is 474 g/mol. The molecule has 0 aromatic heterocycles. The molecule has 0 N–H and O–H groups in total. The average Bonchev–Trinajstić information content (AvgIpc) is 2.84. The molecule has 0 aliphatic heterocycles. The Morgan fingerprint density at radius 1 is 1.00 bits per heavy atom. The Balaban J connectivity index is 1.57. The Labute approximate surface area is 200 Å². The number of hydrogen-bond acceptors (Lipinski definition) is 1. The lowest BCUT2D eigenvalue weighted by Crippen LogP contribution is -2.27. The average molecular weight is 475 g/mol. The molecule has 1 nitrogen and oxygen atoms in total. The quantitative estimate of drug-likeness (QED) is 0.247. The molecule has 34 heavy (non-hydrogen) atoms. The molecule has 3 rings (SSSR count). The van der Waals surface area contributed by atoms with E-state index in [1.165, 1.54) is 24.3 Å². The molecule has 2 aromatic rings. The fourth-order valence-corrected chi connectivity index (χ4v) is 4.56. The van der Waals surface area contributed by atoms with Gasteiger partial charge in [0.05, 0.1) is 6.61 Å². The predicted octanol–water partition coefficient (Wildman–Crippen LogP) is 9.00. The number of rotatable bonds is 10. The number of hydrogen-bond donors (Lipinski definition) is 0. The van der Waals surface area contributed by atoms with Crippen LogP contribution in [0.2, 0.25) is 0 Å². The summed E-state index contributed by atoms with van der Waals surface area (Å²) >= 11 is 0. The van der Waals surface area contributed by atoms with Crippen LogP contribution < -0.4 is 0 Å². The van der Waals surface area contributed by atoms with Crippen LogP contribution in [-0.4, -0.2) is 6.11 Å². The van der Waals surface area contributed by atoms with Gasteiger partial charge in [-0.15, -0.1) is 0 Å². The second-order valence-corrected chi connectivity index (χ2v) is 9.05. The van der Waals surface area contributed by atoms with E-state index < -0.39 is 24.7 Å². The third kappa shape index (κ3) is 7.05. The SMILES string of the molecule is C/C=C/CCc1ccc(C(F)C(F)(F)OCc2ccc(C3CCC(/C=C/C)CC3)cc2F)cc1. The normalized spacial score (nSPS) is 20.3. The molecular formula is C29H34F4O. The third-order valence-electron chi connectivity index (χ3n) is 6.61. The van der Waals surface area contributed by atoms with Crippen molar-refractivity contribution < 1.29 is 22.3 Å². The largest absolute Gasteiger partial charge is 0.391 e. The first-order valence-corrected chi connectivity index (χ1v) is 12.1. The number of benzene rings is 2. The van der Waals surface area contributed by atoms with E-state index in [0.717, 1.165) is 49.7 Å². The predicted molar refractivity (Wildman–Crippen MR) is 129 cm³/mol. The molecule has 1 unspecified atom stereocenters.